The molecular weight excluding hydrogens is 741 g/mol. The molecule has 1 aliphatic rings. The maximum atomic E-state index is 15.7. The minimum atomic E-state index is -4.61. The van der Waals surface area contributed by atoms with Crippen molar-refractivity contribution in [3.8, 4) is 0 Å². The molecule has 1 unspecified atom stereocenters. The van der Waals surface area contributed by atoms with E-state index in [0.29, 0.717) is 25.6 Å². The third-order valence-corrected chi connectivity index (χ3v) is 11.7. The van der Waals surface area contributed by atoms with Crippen molar-refractivity contribution in [2.45, 2.75) is 60.4 Å². The average Bonchev–Trinajstić information content (AvgIpc) is 3.61. The number of carbonyl (C=O) groups is 3. The Morgan fingerprint density at radius 3 is 2.17 bits per heavy atom. The van der Waals surface area contributed by atoms with E-state index >= 15 is 8.78 Å². The van der Waals surface area contributed by atoms with Gasteiger partial charge in [-0.1, -0.05) is 60.7 Å². The first-order chi connectivity index (χ1) is 25.1. The van der Waals surface area contributed by atoms with E-state index in [2.05, 4.69) is 15.6 Å². The summed E-state index contributed by atoms with van der Waals surface area (Å²) >= 11 is 1.16. The number of alkyl carbamates (subject to hydrolysis) is 1. The molecule has 3 aromatic carbocycles. The van der Waals surface area contributed by atoms with Gasteiger partial charge in [0.2, 0.25) is 21.9 Å². The number of amides is 2. The normalized spacial score (nSPS) is 15.8. The van der Waals surface area contributed by atoms with Gasteiger partial charge in [0, 0.05) is 31.7 Å². The highest BCUT2D eigenvalue weighted by molar-refractivity contribution is 7.89. The SMILES string of the molecule is COC(=O)NC(C(=O)NCC(F)(F)CC[C@@H](C(=O)OC)N(CC1CC(F)(F)C1)S(=O)(=O)c1ccc2ncsc2c1)C(c1ccccc1)c1ccccc1. The van der Waals surface area contributed by atoms with Gasteiger partial charge in [-0.15, -0.1) is 11.3 Å². The number of methoxy groups -OCH3 is 2. The van der Waals surface area contributed by atoms with Gasteiger partial charge in [-0.25, -0.2) is 35.8 Å². The summed E-state index contributed by atoms with van der Waals surface area (Å²) in [5, 5.41) is 4.66. The fraction of sp³-hybridized carbons (Fsp3) is 0.389. The molecule has 17 heteroatoms. The van der Waals surface area contributed by atoms with Crippen LogP contribution in [0.2, 0.25) is 0 Å². The minimum Gasteiger partial charge on any atom is -0.468 e. The predicted octanol–water partition coefficient (Wildman–Crippen LogP) is 5.96. The van der Waals surface area contributed by atoms with Crippen LogP contribution in [0.3, 0.4) is 0 Å². The molecule has 2 amide bonds. The summed E-state index contributed by atoms with van der Waals surface area (Å²) in [7, 11) is -2.56. The van der Waals surface area contributed by atoms with Gasteiger partial charge in [0.15, 0.2) is 0 Å². The number of thiazole rings is 1. The lowest BCUT2D eigenvalue weighted by Crippen LogP contribution is -2.53. The first-order valence-corrected chi connectivity index (χ1v) is 18.9. The first-order valence-electron chi connectivity index (χ1n) is 16.5. The number of aromatic nitrogens is 1. The van der Waals surface area contributed by atoms with E-state index < -0.39 is 103 Å². The molecule has 1 aromatic heterocycles. The molecule has 11 nitrogen and oxygen atoms in total. The molecule has 0 radical (unpaired) electrons. The number of nitrogens with one attached hydrogen (secondary N) is 2. The lowest BCUT2D eigenvalue weighted by atomic mass is 9.81. The molecule has 0 saturated heterocycles. The molecule has 1 aliphatic carbocycles. The van der Waals surface area contributed by atoms with Crippen molar-refractivity contribution in [1.29, 1.82) is 0 Å². The highest BCUT2D eigenvalue weighted by atomic mass is 32.2. The topological polar surface area (TPSA) is 144 Å². The van der Waals surface area contributed by atoms with Crippen LogP contribution in [0, 0.1) is 5.92 Å². The van der Waals surface area contributed by atoms with E-state index in [0.717, 1.165) is 25.6 Å². The van der Waals surface area contributed by atoms with Crippen molar-refractivity contribution in [1.82, 2.24) is 19.9 Å². The Balaban J connectivity index is 1.37. The van der Waals surface area contributed by atoms with Crippen LogP contribution in [-0.4, -0.2) is 86.9 Å². The number of esters is 1. The quantitative estimate of drug-likeness (QED) is 0.105. The molecule has 2 atom stereocenters. The van der Waals surface area contributed by atoms with Gasteiger partial charge >= 0.3 is 12.1 Å². The summed E-state index contributed by atoms with van der Waals surface area (Å²) in [6.45, 7) is -1.79. The number of ether oxygens (including phenoxy) is 2. The summed E-state index contributed by atoms with van der Waals surface area (Å²) in [5.41, 5.74) is 3.21. The zero-order valence-corrected chi connectivity index (χ0v) is 30.3. The average molecular weight is 779 g/mol. The van der Waals surface area contributed by atoms with E-state index in [-0.39, 0.29) is 4.90 Å². The fourth-order valence-electron chi connectivity index (χ4n) is 6.35. The summed E-state index contributed by atoms with van der Waals surface area (Å²) in [6, 6.07) is 18.1. The van der Waals surface area contributed by atoms with Gasteiger partial charge in [0.05, 0.1) is 41.4 Å². The smallest absolute Gasteiger partial charge is 0.407 e. The lowest BCUT2D eigenvalue weighted by molar-refractivity contribution is -0.147. The molecule has 1 fully saturated rings. The molecule has 1 heterocycles. The van der Waals surface area contributed by atoms with Crippen LogP contribution < -0.4 is 10.6 Å². The van der Waals surface area contributed by atoms with Crippen LogP contribution in [-0.2, 0) is 29.1 Å². The molecule has 1 saturated carbocycles. The Morgan fingerprint density at radius 1 is 0.981 bits per heavy atom. The van der Waals surface area contributed by atoms with Crippen LogP contribution >= 0.6 is 11.3 Å². The van der Waals surface area contributed by atoms with Crippen molar-refractivity contribution >= 4 is 49.5 Å². The summed E-state index contributed by atoms with van der Waals surface area (Å²) in [5.74, 6) is -10.5. The van der Waals surface area contributed by atoms with Crippen LogP contribution in [0.15, 0.2) is 89.3 Å². The van der Waals surface area contributed by atoms with Crippen LogP contribution in [0.5, 0.6) is 0 Å². The number of benzene rings is 3. The molecule has 0 aliphatic heterocycles. The second-order valence-electron chi connectivity index (χ2n) is 12.8. The molecule has 0 spiro atoms. The van der Waals surface area contributed by atoms with E-state index in [9.17, 15) is 31.6 Å². The number of halogens is 4. The van der Waals surface area contributed by atoms with Gasteiger partial charge in [-0.05, 0) is 41.7 Å². The summed E-state index contributed by atoms with van der Waals surface area (Å²) < 4.78 is 97.8. The van der Waals surface area contributed by atoms with E-state index in [4.69, 9.17) is 9.47 Å². The fourth-order valence-corrected chi connectivity index (χ4v) is 8.86. The number of hydrogen-bond acceptors (Lipinski definition) is 9. The molecule has 4 aromatic rings. The van der Waals surface area contributed by atoms with E-state index in [1.54, 1.807) is 60.7 Å². The molecule has 5 rings (SSSR count). The third kappa shape index (κ3) is 9.69. The summed E-state index contributed by atoms with van der Waals surface area (Å²) in [6.07, 6.45) is -4.15. The van der Waals surface area contributed by atoms with Gasteiger partial charge in [-0.3, -0.25) is 9.59 Å². The van der Waals surface area contributed by atoms with Gasteiger partial charge in [0.25, 0.3) is 5.92 Å². The van der Waals surface area contributed by atoms with Crippen molar-refractivity contribution in [2.24, 2.45) is 5.92 Å². The van der Waals surface area contributed by atoms with Crippen LogP contribution in [0.25, 0.3) is 10.2 Å². The molecule has 53 heavy (non-hydrogen) atoms. The number of sulfonamides is 1. The van der Waals surface area contributed by atoms with Gasteiger partial charge in [0.1, 0.15) is 12.1 Å². The van der Waals surface area contributed by atoms with Crippen molar-refractivity contribution in [3.63, 3.8) is 0 Å². The molecule has 284 valence electrons. The zero-order valence-electron chi connectivity index (χ0n) is 28.7. The van der Waals surface area contributed by atoms with Gasteiger partial charge < -0.3 is 20.1 Å². The molecule has 2 N–H and O–H groups in total. The summed E-state index contributed by atoms with van der Waals surface area (Å²) in [4.78, 5) is 43.0. The minimum absolute atomic E-state index is 0.274. The lowest BCUT2D eigenvalue weighted by Gasteiger charge is -2.39. The molecular formula is C36H38F4N4O7S2. The number of carbonyl (C=O) groups excluding carboxylic acids is 3. The highest BCUT2D eigenvalue weighted by Crippen LogP contribution is 2.44. The maximum Gasteiger partial charge on any atom is 0.407 e. The zero-order chi connectivity index (χ0) is 38.4. The van der Waals surface area contributed by atoms with Crippen LogP contribution in [0.1, 0.15) is 42.7 Å². The Kier molecular flexibility index (Phi) is 12.4. The van der Waals surface area contributed by atoms with E-state index in [1.807, 2.05) is 0 Å². The second-order valence-corrected chi connectivity index (χ2v) is 15.5. The Morgan fingerprint density at radius 2 is 1.60 bits per heavy atom. The van der Waals surface area contributed by atoms with Crippen molar-refractivity contribution in [3.05, 3.63) is 95.5 Å². The monoisotopic (exact) mass is 778 g/mol. The van der Waals surface area contributed by atoms with Gasteiger partial charge in [-0.2, -0.15) is 4.31 Å². The molecule has 0 bridgehead atoms. The predicted molar refractivity (Wildman–Crippen MR) is 188 cm³/mol. The number of fused-ring (bicyclic) bond motifs is 1. The maximum absolute atomic E-state index is 15.7. The number of hydrogen-bond donors (Lipinski definition) is 2. The third-order valence-electron chi connectivity index (χ3n) is 9.04. The Bertz CT molecular complexity index is 1950. The van der Waals surface area contributed by atoms with Crippen LogP contribution in [0.4, 0.5) is 22.4 Å². The second kappa shape index (κ2) is 16.6. The Labute approximate surface area is 307 Å². The largest absolute Gasteiger partial charge is 0.468 e. The number of alkyl halides is 4. The first kappa shape index (κ1) is 39.6. The standard InChI is InChI=1S/C36H38F4N4O7S2/c1-50-33(46)28(44(20-23-18-36(39,40)19-23)53(48,49)26-13-14-27-29(17-26)52-22-42-27)15-16-35(37,38)21-41-32(45)31(43-34(47)51-2)30(24-9-5-3-6-10-24)25-11-7-4-8-12-25/h3-14,17,22-23,28,30-31H,15-16,18-21H2,1-2H3,(H,41,45)(H,43,47)/t28-,31?/m0/s1. The van der Waals surface area contributed by atoms with Crippen molar-refractivity contribution in [2.75, 3.05) is 27.3 Å². The van der Waals surface area contributed by atoms with Crippen molar-refractivity contribution < 1.29 is 49.8 Å². The Hall–Kier alpha value is -4.61. The highest BCUT2D eigenvalue weighted by Gasteiger charge is 2.49. The number of rotatable bonds is 16. The van der Waals surface area contributed by atoms with E-state index in [1.165, 1.54) is 23.7 Å². The number of nitrogens with zero attached hydrogens (tertiary/aromatic N) is 2.